The number of carboxylic acids is 1. The zero-order valence-electron chi connectivity index (χ0n) is 10.6. The van der Waals surface area contributed by atoms with Gasteiger partial charge in [-0.1, -0.05) is 37.6 Å². The minimum absolute atomic E-state index is 0.0543. The van der Waals surface area contributed by atoms with Crippen LogP contribution in [-0.4, -0.2) is 11.1 Å². The van der Waals surface area contributed by atoms with Crippen molar-refractivity contribution in [3.8, 4) is 0 Å². The van der Waals surface area contributed by atoms with Crippen molar-refractivity contribution >= 4 is 5.97 Å². The summed E-state index contributed by atoms with van der Waals surface area (Å²) >= 11 is 0. The highest BCUT2D eigenvalue weighted by atomic mass is 16.4. The molecule has 0 saturated heterocycles. The SMILES string of the molecule is CCCCc1ccc(C(C)(N)CC(=O)O)cc1. The predicted molar refractivity (Wildman–Crippen MR) is 68.8 cm³/mol. The van der Waals surface area contributed by atoms with Crippen LogP contribution >= 0.6 is 0 Å². The molecular weight excluding hydrogens is 214 g/mol. The van der Waals surface area contributed by atoms with Crippen LogP contribution in [-0.2, 0) is 16.8 Å². The number of hydrogen-bond acceptors (Lipinski definition) is 2. The molecule has 3 heteroatoms. The molecule has 0 bridgehead atoms. The van der Waals surface area contributed by atoms with Gasteiger partial charge >= 0.3 is 5.97 Å². The number of rotatable bonds is 6. The molecular formula is C14H21NO2. The molecule has 94 valence electrons. The van der Waals surface area contributed by atoms with E-state index in [1.165, 1.54) is 18.4 Å². The number of nitrogens with two attached hydrogens (primary N) is 1. The Balaban J connectivity index is 2.75. The third-order valence-electron chi connectivity index (χ3n) is 2.95. The van der Waals surface area contributed by atoms with Crippen molar-refractivity contribution in [3.05, 3.63) is 35.4 Å². The summed E-state index contributed by atoms with van der Waals surface area (Å²) in [6, 6.07) is 7.96. The van der Waals surface area contributed by atoms with E-state index < -0.39 is 11.5 Å². The van der Waals surface area contributed by atoms with E-state index in [-0.39, 0.29) is 6.42 Å². The van der Waals surface area contributed by atoms with Crippen LogP contribution in [0.2, 0.25) is 0 Å². The summed E-state index contributed by atoms with van der Waals surface area (Å²) in [5.41, 5.74) is 7.37. The number of benzene rings is 1. The highest BCUT2D eigenvalue weighted by Crippen LogP contribution is 2.22. The van der Waals surface area contributed by atoms with Crippen LogP contribution in [0.1, 0.15) is 44.2 Å². The summed E-state index contributed by atoms with van der Waals surface area (Å²) < 4.78 is 0. The minimum Gasteiger partial charge on any atom is -0.481 e. The van der Waals surface area contributed by atoms with E-state index in [4.69, 9.17) is 10.8 Å². The molecule has 3 N–H and O–H groups in total. The maximum Gasteiger partial charge on any atom is 0.305 e. The van der Waals surface area contributed by atoms with E-state index in [9.17, 15) is 4.79 Å². The van der Waals surface area contributed by atoms with Gasteiger partial charge in [-0.15, -0.1) is 0 Å². The molecule has 0 spiro atoms. The smallest absolute Gasteiger partial charge is 0.305 e. The van der Waals surface area contributed by atoms with Crippen molar-refractivity contribution in [2.24, 2.45) is 5.73 Å². The summed E-state index contributed by atoms with van der Waals surface area (Å²) in [7, 11) is 0. The van der Waals surface area contributed by atoms with Crippen molar-refractivity contribution in [2.45, 2.75) is 45.1 Å². The lowest BCUT2D eigenvalue weighted by molar-refractivity contribution is -0.138. The first-order chi connectivity index (χ1) is 7.95. The summed E-state index contributed by atoms with van der Waals surface area (Å²) in [6.45, 7) is 3.92. The Hall–Kier alpha value is -1.35. The van der Waals surface area contributed by atoms with Crippen LogP contribution in [0.4, 0.5) is 0 Å². The maximum absolute atomic E-state index is 10.7. The molecule has 1 rings (SSSR count). The van der Waals surface area contributed by atoms with Gasteiger partial charge in [0.15, 0.2) is 0 Å². The Morgan fingerprint density at radius 1 is 1.35 bits per heavy atom. The minimum atomic E-state index is -0.870. The van der Waals surface area contributed by atoms with E-state index in [2.05, 4.69) is 6.92 Å². The summed E-state index contributed by atoms with van der Waals surface area (Å²) in [6.07, 6.45) is 3.36. The summed E-state index contributed by atoms with van der Waals surface area (Å²) in [4.78, 5) is 10.7. The van der Waals surface area contributed by atoms with Crippen molar-refractivity contribution in [2.75, 3.05) is 0 Å². The summed E-state index contributed by atoms with van der Waals surface area (Å²) in [5, 5.41) is 8.80. The van der Waals surface area contributed by atoms with Gasteiger partial charge in [0.1, 0.15) is 0 Å². The van der Waals surface area contributed by atoms with Gasteiger partial charge < -0.3 is 10.8 Å². The van der Waals surface area contributed by atoms with E-state index in [0.29, 0.717) is 0 Å². The molecule has 17 heavy (non-hydrogen) atoms. The molecule has 1 unspecified atom stereocenters. The topological polar surface area (TPSA) is 63.3 Å². The van der Waals surface area contributed by atoms with Crippen molar-refractivity contribution in [1.29, 1.82) is 0 Å². The average Bonchev–Trinajstić information content (AvgIpc) is 2.25. The quantitative estimate of drug-likeness (QED) is 0.796. The zero-order chi connectivity index (χ0) is 12.9. The molecule has 0 radical (unpaired) electrons. The summed E-state index contributed by atoms with van der Waals surface area (Å²) in [5.74, 6) is -0.870. The molecule has 3 nitrogen and oxygen atoms in total. The second-order valence-electron chi connectivity index (χ2n) is 4.79. The van der Waals surface area contributed by atoms with Crippen LogP contribution in [0, 0.1) is 0 Å². The molecule has 1 aromatic rings. The molecule has 0 aliphatic rings. The Labute approximate surface area is 103 Å². The second kappa shape index (κ2) is 5.82. The van der Waals surface area contributed by atoms with Crippen LogP contribution < -0.4 is 5.73 Å². The monoisotopic (exact) mass is 235 g/mol. The largest absolute Gasteiger partial charge is 0.481 e. The van der Waals surface area contributed by atoms with Gasteiger partial charge in [-0.25, -0.2) is 0 Å². The fourth-order valence-electron chi connectivity index (χ4n) is 1.85. The van der Waals surface area contributed by atoms with Crippen LogP contribution in [0.25, 0.3) is 0 Å². The zero-order valence-corrected chi connectivity index (χ0v) is 10.6. The van der Waals surface area contributed by atoms with Crippen LogP contribution in [0.5, 0.6) is 0 Å². The molecule has 0 heterocycles. The Kier molecular flexibility index (Phi) is 4.70. The lowest BCUT2D eigenvalue weighted by Gasteiger charge is -2.23. The van der Waals surface area contributed by atoms with Gasteiger partial charge in [-0.3, -0.25) is 4.79 Å². The number of unbranched alkanes of at least 4 members (excludes halogenated alkanes) is 1. The van der Waals surface area contributed by atoms with E-state index in [1.54, 1.807) is 6.92 Å². The van der Waals surface area contributed by atoms with Crippen LogP contribution in [0.3, 0.4) is 0 Å². The van der Waals surface area contributed by atoms with E-state index >= 15 is 0 Å². The normalized spacial score (nSPS) is 14.3. The highest BCUT2D eigenvalue weighted by molar-refractivity contribution is 5.68. The van der Waals surface area contributed by atoms with E-state index in [1.807, 2.05) is 24.3 Å². The van der Waals surface area contributed by atoms with Crippen molar-refractivity contribution in [1.82, 2.24) is 0 Å². The van der Waals surface area contributed by atoms with Gasteiger partial charge in [0.05, 0.1) is 6.42 Å². The molecule has 0 saturated carbocycles. The van der Waals surface area contributed by atoms with Gasteiger partial charge in [-0.2, -0.15) is 0 Å². The molecule has 0 amide bonds. The first kappa shape index (κ1) is 13.7. The van der Waals surface area contributed by atoms with Gasteiger partial charge in [0.2, 0.25) is 0 Å². The van der Waals surface area contributed by atoms with Gasteiger partial charge in [0.25, 0.3) is 0 Å². The standard InChI is InChI=1S/C14H21NO2/c1-3-4-5-11-6-8-12(9-7-11)14(2,15)10-13(16)17/h6-9H,3-5,10,15H2,1-2H3,(H,16,17). The third-order valence-corrected chi connectivity index (χ3v) is 2.95. The van der Waals surface area contributed by atoms with Gasteiger partial charge in [0, 0.05) is 5.54 Å². The Bertz CT molecular complexity index is 368. The lowest BCUT2D eigenvalue weighted by atomic mass is 9.89. The first-order valence-corrected chi connectivity index (χ1v) is 6.06. The molecule has 1 atom stereocenters. The third kappa shape index (κ3) is 4.19. The number of hydrogen-bond donors (Lipinski definition) is 2. The number of carbonyl (C=O) groups is 1. The molecule has 0 fully saturated rings. The maximum atomic E-state index is 10.7. The highest BCUT2D eigenvalue weighted by Gasteiger charge is 2.24. The predicted octanol–water partition coefficient (Wildman–Crippen LogP) is 2.68. The number of carboxylic acid groups (broad SMARTS) is 1. The van der Waals surface area contributed by atoms with Crippen molar-refractivity contribution in [3.63, 3.8) is 0 Å². The molecule has 0 aliphatic carbocycles. The Morgan fingerprint density at radius 3 is 2.41 bits per heavy atom. The fourth-order valence-corrected chi connectivity index (χ4v) is 1.85. The average molecular weight is 235 g/mol. The molecule has 0 aromatic heterocycles. The Morgan fingerprint density at radius 2 is 1.94 bits per heavy atom. The second-order valence-corrected chi connectivity index (χ2v) is 4.79. The van der Waals surface area contributed by atoms with Crippen LogP contribution in [0.15, 0.2) is 24.3 Å². The lowest BCUT2D eigenvalue weighted by Crippen LogP contribution is -2.35. The molecule has 0 aliphatic heterocycles. The number of aryl methyl sites for hydroxylation is 1. The fraction of sp³-hybridized carbons (Fsp3) is 0.500. The van der Waals surface area contributed by atoms with Gasteiger partial charge in [-0.05, 0) is 30.9 Å². The van der Waals surface area contributed by atoms with Crippen molar-refractivity contribution < 1.29 is 9.90 Å². The number of aliphatic carboxylic acids is 1. The van der Waals surface area contributed by atoms with E-state index in [0.717, 1.165) is 12.0 Å². The first-order valence-electron chi connectivity index (χ1n) is 6.06. The molecule has 1 aromatic carbocycles.